The molecule has 116 valence electrons. The van der Waals surface area contributed by atoms with Gasteiger partial charge in [0, 0.05) is 31.1 Å². The Morgan fingerprint density at radius 3 is 2.27 bits per heavy atom. The molecule has 1 aliphatic heterocycles. The molecular weight excluding hydrogens is 289 g/mol. The molecule has 2 N–H and O–H groups in total. The largest absolute Gasteiger partial charge is 0.367 e. The molecule has 0 amide bonds. The van der Waals surface area contributed by atoms with Crippen LogP contribution < -0.4 is 10.6 Å². The molecule has 2 aromatic carbocycles. The number of hydrogen-bond donors (Lipinski definition) is 1. The highest BCUT2D eigenvalue weighted by Gasteiger charge is 2.27. The molecule has 2 atom stereocenters. The Morgan fingerprint density at radius 2 is 1.59 bits per heavy atom. The third-order valence-electron chi connectivity index (χ3n) is 4.07. The van der Waals surface area contributed by atoms with Gasteiger partial charge in [-0.2, -0.15) is 0 Å². The predicted molar refractivity (Wildman–Crippen MR) is 80.3 cm³/mol. The van der Waals surface area contributed by atoms with Crippen LogP contribution in [-0.4, -0.2) is 19.1 Å². The third kappa shape index (κ3) is 3.09. The summed E-state index contributed by atoms with van der Waals surface area (Å²) in [5.41, 5.74) is 7.41. The van der Waals surface area contributed by atoms with E-state index in [1.54, 1.807) is 12.1 Å². The van der Waals surface area contributed by atoms with E-state index in [0.717, 1.165) is 18.1 Å². The average Bonchev–Trinajstić information content (AvgIpc) is 2.47. The molecule has 1 heterocycles. The van der Waals surface area contributed by atoms with Crippen molar-refractivity contribution in [3.63, 3.8) is 0 Å². The zero-order valence-electron chi connectivity index (χ0n) is 12.0. The highest BCUT2D eigenvalue weighted by atomic mass is 19.1. The molecule has 2 nitrogen and oxygen atoms in total. The van der Waals surface area contributed by atoms with Crippen LogP contribution in [0, 0.1) is 17.5 Å². The van der Waals surface area contributed by atoms with Gasteiger partial charge in [-0.3, -0.25) is 0 Å². The number of rotatable bonds is 2. The van der Waals surface area contributed by atoms with Gasteiger partial charge in [0.2, 0.25) is 0 Å². The van der Waals surface area contributed by atoms with E-state index in [0.29, 0.717) is 18.8 Å². The molecule has 2 unspecified atom stereocenters. The zero-order valence-corrected chi connectivity index (χ0v) is 12.0. The van der Waals surface area contributed by atoms with Gasteiger partial charge in [0.05, 0.1) is 5.69 Å². The summed E-state index contributed by atoms with van der Waals surface area (Å²) in [4.78, 5) is 1.83. The maximum atomic E-state index is 14.0. The molecule has 5 heteroatoms. The quantitative estimate of drug-likeness (QED) is 0.921. The first-order valence-electron chi connectivity index (χ1n) is 7.24. The highest BCUT2D eigenvalue weighted by Crippen LogP contribution is 2.31. The molecular formula is C17H17F3N2. The van der Waals surface area contributed by atoms with Crippen molar-refractivity contribution in [2.45, 2.75) is 18.4 Å². The number of nitrogens with two attached hydrogens (primary N) is 1. The van der Waals surface area contributed by atoms with Crippen LogP contribution in [0.4, 0.5) is 18.9 Å². The first kappa shape index (κ1) is 14.9. The predicted octanol–water partition coefficient (Wildman–Crippen LogP) is 3.43. The second-order valence-electron chi connectivity index (χ2n) is 5.74. The van der Waals surface area contributed by atoms with Crippen molar-refractivity contribution >= 4 is 5.69 Å². The fourth-order valence-corrected chi connectivity index (χ4v) is 3.05. The summed E-state index contributed by atoms with van der Waals surface area (Å²) in [5.74, 6) is -1.39. The first-order valence-corrected chi connectivity index (χ1v) is 7.24. The lowest BCUT2D eigenvalue weighted by Gasteiger charge is -2.38. The molecule has 1 aliphatic rings. The minimum absolute atomic E-state index is 0.0915. The maximum Gasteiger partial charge on any atom is 0.149 e. The topological polar surface area (TPSA) is 29.3 Å². The van der Waals surface area contributed by atoms with E-state index >= 15 is 0 Å². The monoisotopic (exact) mass is 306 g/mol. The Hall–Kier alpha value is -2.01. The third-order valence-corrected chi connectivity index (χ3v) is 4.07. The minimum Gasteiger partial charge on any atom is -0.367 e. The van der Waals surface area contributed by atoms with Gasteiger partial charge in [-0.25, -0.2) is 13.2 Å². The summed E-state index contributed by atoms with van der Waals surface area (Å²) in [6.07, 6.45) is 0.755. The Balaban J connectivity index is 1.85. The Bertz CT molecular complexity index is 657. The van der Waals surface area contributed by atoms with Crippen molar-refractivity contribution in [1.82, 2.24) is 0 Å². The lowest BCUT2D eigenvalue weighted by molar-refractivity contribution is 0.448. The number of piperidine rings is 1. The molecule has 0 radical (unpaired) electrons. The summed E-state index contributed by atoms with van der Waals surface area (Å²) in [5, 5.41) is 0. The van der Waals surface area contributed by atoms with Crippen molar-refractivity contribution in [2.24, 2.45) is 5.73 Å². The molecule has 1 saturated heterocycles. The van der Waals surface area contributed by atoms with Gasteiger partial charge in [0.15, 0.2) is 0 Å². The van der Waals surface area contributed by atoms with Crippen LogP contribution in [-0.2, 0) is 0 Å². The molecule has 3 rings (SSSR count). The summed E-state index contributed by atoms with van der Waals surface area (Å²) < 4.78 is 40.1. The summed E-state index contributed by atoms with van der Waals surface area (Å²) in [6, 6.07) is 9.73. The molecule has 0 aliphatic carbocycles. The smallest absolute Gasteiger partial charge is 0.149 e. The highest BCUT2D eigenvalue weighted by molar-refractivity contribution is 5.49. The van der Waals surface area contributed by atoms with E-state index in [4.69, 9.17) is 5.73 Å². The van der Waals surface area contributed by atoms with E-state index in [1.807, 2.05) is 4.90 Å². The van der Waals surface area contributed by atoms with Crippen LogP contribution in [0.1, 0.15) is 17.9 Å². The number of hydrogen-bond acceptors (Lipinski definition) is 2. The SMILES string of the molecule is NC1CC(c2ccc(F)cc2)CN(c2ccc(F)cc2F)C1. The normalized spacial score (nSPS) is 21.9. The lowest BCUT2D eigenvalue weighted by atomic mass is 9.88. The van der Waals surface area contributed by atoms with Gasteiger partial charge in [-0.1, -0.05) is 12.1 Å². The van der Waals surface area contributed by atoms with Gasteiger partial charge in [-0.05, 0) is 36.2 Å². The number of nitrogens with zero attached hydrogens (tertiary/aromatic N) is 1. The van der Waals surface area contributed by atoms with Crippen molar-refractivity contribution in [3.8, 4) is 0 Å². The summed E-state index contributed by atoms with van der Waals surface area (Å²) in [7, 11) is 0. The second kappa shape index (κ2) is 6.01. The number of benzene rings is 2. The first-order chi connectivity index (χ1) is 10.5. The molecule has 1 fully saturated rings. The lowest BCUT2D eigenvalue weighted by Crippen LogP contribution is -2.46. The Morgan fingerprint density at radius 1 is 0.909 bits per heavy atom. The number of anilines is 1. The van der Waals surface area contributed by atoms with Crippen LogP contribution in [0.5, 0.6) is 0 Å². The van der Waals surface area contributed by atoms with Crippen LogP contribution in [0.3, 0.4) is 0 Å². The Kier molecular flexibility index (Phi) is 4.07. The van der Waals surface area contributed by atoms with E-state index < -0.39 is 11.6 Å². The van der Waals surface area contributed by atoms with Crippen molar-refractivity contribution in [1.29, 1.82) is 0 Å². The molecule has 0 saturated carbocycles. The van der Waals surface area contributed by atoms with Gasteiger partial charge in [0.25, 0.3) is 0 Å². The summed E-state index contributed by atoms with van der Waals surface area (Å²) in [6.45, 7) is 1.09. The maximum absolute atomic E-state index is 14.0. The molecule has 0 spiro atoms. The molecule has 22 heavy (non-hydrogen) atoms. The van der Waals surface area contributed by atoms with Crippen molar-refractivity contribution < 1.29 is 13.2 Å². The fraction of sp³-hybridized carbons (Fsp3) is 0.294. The van der Waals surface area contributed by atoms with E-state index in [1.165, 1.54) is 24.3 Å². The number of halogens is 3. The summed E-state index contributed by atoms with van der Waals surface area (Å²) >= 11 is 0. The average molecular weight is 306 g/mol. The standard InChI is InChI=1S/C17H17F3N2/c18-13-3-1-11(2-4-13)12-7-15(21)10-22(9-12)17-6-5-14(19)8-16(17)20/h1-6,8,12,15H,7,9-10,21H2. The van der Waals surface area contributed by atoms with Crippen LogP contribution >= 0.6 is 0 Å². The second-order valence-corrected chi connectivity index (χ2v) is 5.74. The van der Waals surface area contributed by atoms with Gasteiger partial charge < -0.3 is 10.6 Å². The van der Waals surface area contributed by atoms with Crippen molar-refractivity contribution in [3.05, 3.63) is 65.5 Å². The molecule has 2 aromatic rings. The zero-order chi connectivity index (χ0) is 15.7. The minimum atomic E-state index is -0.599. The fourth-order valence-electron chi connectivity index (χ4n) is 3.05. The van der Waals surface area contributed by atoms with Gasteiger partial charge in [-0.15, -0.1) is 0 Å². The van der Waals surface area contributed by atoms with Gasteiger partial charge >= 0.3 is 0 Å². The van der Waals surface area contributed by atoms with Crippen LogP contribution in [0.2, 0.25) is 0 Å². The molecule has 0 aromatic heterocycles. The molecule has 0 bridgehead atoms. The van der Waals surface area contributed by atoms with E-state index in [2.05, 4.69) is 0 Å². The van der Waals surface area contributed by atoms with Crippen LogP contribution in [0.15, 0.2) is 42.5 Å². The van der Waals surface area contributed by atoms with Crippen molar-refractivity contribution in [2.75, 3.05) is 18.0 Å². The van der Waals surface area contributed by atoms with Gasteiger partial charge in [0.1, 0.15) is 17.5 Å². The van der Waals surface area contributed by atoms with E-state index in [-0.39, 0.29) is 17.8 Å². The van der Waals surface area contributed by atoms with Crippen LogP contribution in [0.25, 0.3) is 0 Å². The van der Waals surface area contributed by atoms with E-state index in [9.17, 15) is 13.2 Å². The Labute approximate surface area is 127 Å².